The lowest BCUT2D eigenvalue weighted by atomic mass is 10.1. The molecule has 2 aromatic rings. The van der Waals surface area contributed by atoms with Crippen molar-refractivity contribution < 1.29 is 43.1 Å². The lowest BCUT2D eigenvalue weighted by Crippen LogP contribution is -2.20. The van der Waals surface area contributed by atoms with Crippen molar-refractivity contribution in [2.24, 2.45) is 0 Å². The molecule has 0 heterocycles. The maximum absolute atomic E-state index is 12.3. The molecular formula is C30H34O9. The van der Waals surface area contributed by atoms with Crippen LogP contribution < -0.4 is 18.9 Å². The molecule has 39 heavy (non-hydrogen) atoms. The summed E-state index contributed by atoms with van der Waals surface area (Å²) in [5, 5.41) is 9.73. The second-order valence-electron chi connectivity index (χ2n) is 7.95. The number of rotatable bonds is 18. The van der Waals surface area contributed by atoms with Crippen LogP contribution in [0.15, 0.2) is 73.9 Å². The molecule has 0 aliphatic carbocycles. The molecule has 0 aliphatic heterocycles. The van der Waals surface area contributed by atoms with Gasteiger partial charge < -0.3 is 33.5 Å². The van der Waals surface area contributed by atoms with E-state index in [-0.39, 0.29) is 30.3 Å². The fourth-order valence-electron chi connectivity index (χ4n) is 3.15. The molecular weight excluding hydrogens is 504 g/mol. The highest BCUT2D eigenvalue weighted by Gasteiger charge is 2.12. The highest BCUT2D eigenvalue weighted by molar-refractivity contribution is 6.10. The molecule has 2 atom stereocenters. The van der Waals surface area contributed by atoms with E-state index < -0.39 is 12.8 Å². The molecule has 0 saturated carbocycles. The minimum absolute atomic E-state index is 0.113. The van der Waals surface area contributed by atoms with Gasteiger partial charge in [0.15, 0.2) is 40.9 Å². The first-order chi connectivity index (χ1) is 18.8. The van der Waals surface area contributed by atoms with Crippen LogP contribution in [0.1, 0.15) is 24.5 Å². The summed E-state index contributed by atoms with van der Waals surface area (Å²) in [5.41, 5.74) is 1.33. The van der Waals surface area contributed by atoms with Crippen molar-refractivity contribution in [3.05, 3.63) is 85.0 Å². The zero-order valence-corrected chi connectivity index (χ0v) is 22.3. The fraction of sp³-hybridized carbons (Fsp3) is 0.267. The van der Waals surface area contributed by atoms with Gasteiger partial charge in [0.1, 0.15) is 0 Å². The maximum atomic E-state index is 12.3. The molecule has 0 fully saturated rings. The summed E-state index contributed by atoms with van der Waals surface area (Å²) in [4.78, 5) is 24.6. The lowest BCUT2D eigenvalue weighted by molar-refractivity contribution is -0.210. The summed E-state index contributed by atoms with van der Waals surface area (Å²) < 4.78 is 32.0. The SMILES string of the molecule is C=CCOC(C)Oc1ccc(/C=C/C(=O)CC(=O)/C=C/c2ccc(OC(O)OCC=C)c(OC)c2)cc1OC. The highest BCUT2D eigenvalue weighted by atomic mass is 16.8. The van der Waals surface area contributed by atoms with Crippen LogP contribution in [-0.2, 0) is 19.1 Å². The van der Waals surface area contributed by atoms with Crippen molar-refractivity contribution in [1.82, 2.24) is 0 Å². The molecule has 2 aromatic carbocycles. The van der Waals surface area contributed by atoms with Gasteiger partial charge in [0.05, 0.1) is 33.9 Å². The minimum Gasteiger partial charge on any atom is -0.493 e. The monoisotopic (exact) mass is 538 g/mol. The highest BCUT2D eigenvalue weighted by Crippen LogP contribution is 2.30. The predicted octanol–water partition coefficient (Wildman–Crippen LogP) is 4.74. The molecule has 2 rings (SSSR count). The van der Waals surface area contributed by atoms with Gasteiger partial charge in [0, 0.05) is 0 Å². The Labute approximate surface area is 228 Å². The molecule has 0 spiro atoms. The average molecular weight is 539 g/mol. The smallest absolute Gasteiger partial charge is 0.313 e. The zero-order chi connectivity index (χ0) is 28.6. The number of aliphatic hydroxyl groups excluding tert-OH is 1. The summed E-state index contributed by atoms with van der Waals surface area (Å²) in [6.45, 7) is 7.83. The number of ketones is 2. The molecule has 208 valence electrons. The van der Waals surface area contributed by atoms with E-state index in [2.05, 4.69) is 13.2 Å². The molecule has 0 saturated heterocycles. The molecule has 0 radical (unpaired) electrons. The van der Waals surface area contributed by atoms with Crippen molar-refractivity contribution in [3.63, 3.8) is 0 Å². The minimum atomic E-state index is -1.49. The number of carbonyl (C=O) groups is 2. The number of aliphatic hydroxyl groups is 1. The number of hydrogen-bond acceptors (Lipinski definition) is 9. The van der Waals surface area contributed by atoms with Gasteiger partial charge in [-0.1, -0.05) is 36.4 Å². The molecule has 0 aromatic heterocycles. The summed E-state index contributed by atoms with van der Waals surface area (Å²) in [6.07, 6.45) is 8.11. The number of carbonyl (C=O) groups excluding carboxylic acids is 2. The van der Waals surface area contributed by atoms with Gasteiger partial charge in [-0.3, -0.25) is 9.59 Å². The first-order valence-corrected chi connectivity index (χ1v) is 12.0. The summed E-state index contributed by atoms with van der Waals surface area (Å²) in [7, 11) is 2.96. The van der Waals surface area contributed by atoms with E-state index in [9.17, 15) is 14.7 Å². The fourth-order valence-corrected chi connectivity index (χ4v) is 3.15. The third-order valence-electron chi connectivity index (χ3n) is 4.97. The summed E-state index contributed by atoms with van der Waals surface area (Å²) in [5.74, 6) is 0.826. The van der Waals surface area contributed by atoms with E-state index in [4.69, 9.17) is 28.4 Å². The Bertz CT molecular complexity index is 1090. The molecule has 0 amide bonds. The Kier molecular flexibility index (Phi) is 13.2. The quantitative estimate of drug-likeness (QED) is 0.125. The van der Waals surface area contributed by atoms with Crippen molar-refractivity contribution in [1.29, 1.82) is 0 Å². The number of allylic oxidation sites excluding steroid dienone is 2. The van der Waals surface area contributed by atoms with E-state index in [1.807, 2.05) is 0 Å². The molecule has 2 unspecified atom stereocenters. The van der Waals surface area contributed by atoms with Crippen LogP contribution in [0.25, 0.3) is 12.2 Å². The van der Waals surface area contributed by atoms with Crippen LogP contribution in [0.5, 0.6) is 23.0 Å². The second-order valence-corrected chi connectivity index (χ2v) is 7.95. The van der Waals surface area contributed by atoms with Gasteiger partial charge in [-0.25, -0.2) is 0 Å². The third kappa shape index (κ3) is 11.0. The van der Waals surface area contributed by atoms with Gasteiger partial charge >= 0.3 is 6.48 Å². The topological polar surface area (TPSA) is 110 Å². The van der Waals surface area contributed by atoms with Gasteiger partial charge in [-0.05, 0) is 54.5 Å². The number of hydrogen-bond donors (Lipinski definition) is 1. The van der Waals surface area contributed by atoms with E-state index in [1.165, 1.54) is 32.4 Å². The molecule has 0 aliphatic rings. The number of benzene rings is 2. The standard InChI is InChI=1S/C30H34O9/c1-6-16-36-21(3)38-26-14-10-22(18-28(26)34-4)8-12-24(31)20-25(32)13-9-23-11-15-27(29(19-23)35-5)39-30(33)37-17-7-2/h6-15,18-19,21,30,33H,1-2,16-17,20H2,3-5H3/b12-8+,13-9+. The molecule has 1 N–H and O–H groups in total. The van der Waals surface area contributed by atoms with Crippen molar-refractivity contribution in [2.45, 2.75) is 26.1 Å². The third-order valence-corrected chi connectivity index (χ3v) is 4.97. The Morgan fingerprint density at radius 1 is 0.795 bits per heavy atom. The predicted molar refractivity (Wildman–Crippen MR) is 148 cm³/mol. The van der Waals surface area contributed by atoms with Crippen LogP contribution in [0.3, 0.4) is 0 Å². The number of ether oxygens (including phenoxy) is 6. The van der Waals surface area contributed by atoms with Crippen molar-refractivity contribution >= 4 is 23.7 Å². The molecule has 9 heteroatoms. The largest absolute Gasteiger partial charge is 0.493 e. The normalized spacial score (nSPS) is 12.6. The first kappa shape index (κ1) is 31.0. The van der Waals surface area contributed by atoms with Gasteiger partial charge in [0.2, 0.25) is 0 Å². The molecule has 9 nitrogen and oxygen atoms in total. The first-order valence-electron chi connectivity index (χ1n) is 12.0. The zero-order valence-electron chi connectivity index (χ0n) is 22.3. The van der Waals surface area contributed by atoms with E-state index in [0.29, 0.717) is 35.0 Å². The van der Waals surface area contributed by atoms with E-state index in [0.717, 1.165) is 0 Å². The number of methoxy groups -OCH3 is 2. The Morgan fingerprint density at radius 3 is 1.77 bits per heavy atom. The summed E-state index contributed by atoms with van der Waals surface area (Å²) in [6, 6.07) is 10.0. The molecule has 0 bridgehead atoms. The van der Waals surface area contributed by atoms with Gasteiger partial charge in [-0.2, -0.15) is 0 Å². The van der Waals surface area contributed by atoms with E-state index >= 15 is 0 Å². The summed E-state index contributed by atoms with van der Waals surface area (Å²) >= 11 is 0. The second kappa shape index (κ2) is 16.6. The van der Waals surface area contributed by atoms with Gasteiger partial charge in [0.25, 0.3) is 0 Å². The maximum Gasteiger partial charge on any atom is 0.313 e. The Hall–Kier alpha value is -4.18. The van der Waals surface area contributed by atoms with Crippen molar-refractivity contribution in [2.75, 3.05) is 27.4 Å². The van der Waals surface area contributed by atoms with Gasteiger partial charge in [-0.15, -0.1) is 13.2 Å². The van der Waals surface area contributed by atoms with Crippen LogP contribution >= 0.6 is 0 Å². The van der Waals surface area contributed by atoms with Crippen LogP contribution in [-0.4, -0.2) is 56.9 Å². The van der Waals surface area contributed by atoms with Crippen LogP contribution in [0, 0.1) is 0 Å². The Morgan fingerprint density at radius 2 is 1.28 bits per heavy atom. The van der Waals surface area contributed by atoms with Crippen LogP contribution in [0.4, 0.5) is 0 Å². The van der Waals surface area contributed by atoms with Crippen molar-refractivity contribution in [3.8, 4) is 23.0 Å². The average Bonchev–Trinajstić information content (AvgIpc) is 2.93. The Balaban J connectivity index is 1.96. The lowest BCUT2D eigenvalue weighted by Gasteiger charge is -2.17. The van der Waals surface area contributed by atoms with Crippen LogP contribution in [0.2, 0.25) is 0 Å². The van der Waals surface area contributed by atoms with E-state index in [1.54, 1.807) is 61.5 Å².